The van der Waals surface area contributed by atoms with Gasteiger partial charge in [-0.1, -0.05) is 6.07 Å². The van der Waals surface area contributed by atoms with Crippen molar-refractivity contribution >= 4 is 22.5 Å². The standard InChI is InChI=1S/C19H16F4N2O2S/c1-12-17(28(27)16-8-6-14(20)7-9-16)11-24(2)18(26)25(12)15-5-3-4-13(10-15)19(21,22)23/h3-10H,11H2,1-2H3. The van der Waals surface area contributed by atoms with Crippen LogP contribution in [-0.4, -0.2) is 28.7 Å². The number of amides is 2. The Morgan fingerprint density at radius 2 is 1.71 bits per heavy atom. The van der Waals surface area contributed by atoms with Gasteiger partial charge in [0.15, 0.2) is 0 Å². The van der Waals surface area contributed by atoms with Gasteiger partial charge in [0.1, 0.15) is 5.82 Å². The molecule has 0 bridgehead atoms. The minimum Gasteiger partial charge on any atom is -0.322 e. The molecule has 0 aromatic heterocycles. The van der Waals surface area contributed by atoms with Crippen LogP contribution < -0.4 is 4.90 Å². The van der Waals surface area contributed by atoms with Gasteiger partial charge in [-0.05, 0) is 49.4 Å². The highest BCUT2D eigenvalue weighted by atomic mass is 32.2. The maximum absolute atomic E-state index is 13.1. The van der Waals surface area contributed by atoms with Gasteiger partial charge in [-0.3, -0.25) is 4.90 Å². The van der Waals surface area contributed by atoms with Crippen LogP contribution in [0.1, 0.15) is 12.5 Å². The molecule has 2 aromatic carbocycles. The molecular weight excluding hydrogens is 396 g/mol. The summed E-state index contributed by atoms with van der Waals surface area (Å²) in [5.41, 5.74) is -0.581. The van der Waals surface area contributed by atoms with Gasteiger partial charge in [-0.25, -0.2) is 13.4 Å². The molecule has 0 fully saturated rings. The average Bonchev–Trinajstić information content (AvgIpc) is 2.64. The van der Waals surface area contributed by atoms with Crippen molar-refractivity contribution in [1.82, 2.24) is 4.90 Å². The Bertz CT molecular complexity index is 971. The quantitative estimate of drug-likeness (QED) is 0.683. The van der Waals surface area contributed by atoms with Crippen molar-refractivity contribution in [2.45, 2.75) is 18.0 Å². The number of carbonyl (C=O) groups is 1. The molecule has 2 amide bonds. The van der Waals surface area contributed by atoms with Crippen molar-refractivity contribution in [1.29, 1.82) is 0 Å². The van der Waals surface area contributed by atoms with Crippen LogP contribution in [0.3, 0.4) is 0 Å². The van der Waals surface area contributed by atoms with E-state index in [1.165, 1.54) is 55.3 Å². The second kappa shape index (κ2) is 7.38. The van der Waals surface area contributed by atoms with Crippen LogP contribution in [0.5, 0.6) is 0 Å². The number of likely N-dealkylation sites (N-methyl/N-ethyl adjacent to an activating group) is 1. The Morgan fingerprint density at radius 1 is 1.07 bits per heavy atom. The molecule has 4 nitrogen and oxygen atoms in total. The predicted octanol–water partition coefficient (Wildman–Crippen LogP) is 4.76. The van der Waals surface area contributed by atoms with Gasteiger partial charge < -0.3 is 4.90 Å². The van der Waals surface area contributed by atoms with Crippen LogP contribution in [0, 0.1) is 5.82 Å². The molecule has 9 heteroatoms. The van der Waals surface area contributed by atoms with Crippen LogP contribution in [0.4, 0.5) is 28.0 Å². The van der Waals surface area contributed by atoms with Crippen LogP contribution in [0.15, 0.2) is 64.0 Å². The SMILES string of the molecule is CC1=C(S(=O)c2ccc(F)cc2)CN(C)C(=O)N1c1cccc(C(F)(F)F)c1. The number of benzene rings is 2. The second-order valence-electron chi connectivity index (χ2n) is 6.25. The van der Waals surface area contributed by atoms with E-state index in [4.69, 9.17) is 0 Å². The van der Waals surface area contributed by atoms with Crippen molar-refractivity contribution in [2.75, 3.05) is 18.5 Å². The number of hydrogen-bond acceptors (Lipinski definition) is 2. The van der Waals surface area contributed by atoms with Crippen molar-refractivity contribution in [3.05, 3.63) is 70.5 Å². The molecule has 0 radical (unpaired) electrons. The van der Waals surface area contributed by atoms with E-state index >= 15 is 0 Å². The van der Waals surface area contributed by atoms with E-state index in [1.54, 1.807) is 0 Å². The zero-order valence-corrected chi connectivity index (χ0v) is 15.8. The summed E-state index contributed by atoms with van der Waals surface area (Å²) in [4.78, 5) is 15.7. The first-order valence-corrected chi connectivity index (χ1v) is 9.34. The molecule has 3 rings (SSSR count). The van der Waals surface area contributed by atoms with Crippen molar-refractivity contribution in [3.8, 4) is 0 Å². The highest BCUT2D eigenvalue weighted by molar-refractivity contribution is 7.89. The third-order valence-corrected chi connectivity index (χ3v) is 5.89. The lowest BCUT2D eigenvalue weighted by Crippen LogP contribution is -2.46. The molecule has 1 heterocycles. The number of alkyl halides is 3. The molecule has 0 N–H and O–H groups in total. The third kappa shape index (κ3) is 3.80. The second-order valence-corrected chi connectivity index (χ2v) is 7.76. The molecule has 1 aliphatic rings. The Morgan fingerprint density at radius 3 is 2.32 bits per heavy atom. The van der Waals surface area contributed by atoms with Gasteiger partial charge in [0, 0.05) is 17.6 Å². The summed E-state index contributed by atoms with van der Waals surface area (Å²) >= 11 is 0. The van der Waals surface area contributed by atoms with Gasteiger partial charge in [0.05, 0.1) is 33.5 Å². The topological polar surface area (TPSA) is 40.6 Å². The fourth-order valence-corrected chi connectivity index (χ4v) is 4.19. The van der Waals surface area contributed by atoms with Crippen molar-refractivity contribution in [2.24, 2.45) is 0 Å². The minimum absolute atomic E-state index is 0.0254. The zero-order valence-electron chi connectivity index (χ0n) is 15.0. The van der Waals surface area contributed by atoms with Gasteiger partial charge in [0.2, 0.25) is 0 Å². The van der Waals surface area contributed by atoms with Crippen LogP contribution in [0.2, 0.25) is 0 Å². The summed E-state index contributed by atoms with van der Waals surface area (Å²) in [6.45, 7) is 1.58. The van der Waals surface area contributed by atoms with E-state index in [2.05, 4.69) is 0 Å². The fraction of sp³-hybridized carbons (Fsp3) is 0.211. The first kappa shape index (κ1) is 20.1. The highest BCUT2D eigenvalue weighted by Crippen LogP contribution is 2.35. The molecule has 28 heavy (non-hydrogen) atoms. The predicted molar refractivity (Wildman–Crippen MR) is 97.5 cm³/mol. The summed E-state index contributed by atoms with van der Waals surface area (Å²) in [6.07, 6.45) is -4.56. The number of rotatable bonds is 3. The number of urea groups is 1. The van der Waals surface area contributed by atoms with E-state index in [1.807, 2.05) is 0 Å². The lowest BCUT2D eigenvalue weighted by molar-refractivity contribution is -0.137. The Labute approximate surface area is 161 Å². The van der Waals surface area contributed by atoms with Crippen LogP contribution in [-0.2, 0) is 17.0 Å². The number of halogens is 4. The number of nitrogens with zero attached hydrogens (tertiary/aromatic N) is 2. The maximum atomic E-state index is 13.1. The Balaban J connectivity index is 2.07. The molecule has 2 aromatic rings. The average molecular weight is 412 g/mol. The number of allylic oxidation sites excluding steroid dienone is 1. The summed E-state index contributed by atoms with van der Waals surface area (Å²) in [5.74, 6) is -0.479. The Hall–Kier alpha value is -2.68. The van der Waals surface area contributed by atoms with Gasteiger partial charge in [-0.15, -0.1) is 0 Å². The van der Waals surface area contributed by atoms with Gasteiger partial charge >= 0.3 is 12.2 Å². The highest BCUT2D eigenvalue weighted by Gasteiger charge is 2.35. The van der Waals surface area contributed by atoms with E-state index in [0.29, 0.717) is 9.80 Å². The molecule has 1 atom stereocenters. The van der Waals surface area contributed by atoms with E-state index in [9.17, 15) is 26.6 Å². The van der Waals surface area contributed by atoms with Crippen molar-refractivity contribution in [3.63, 3.8) is 0 Å². The molecule has 1 unspecified atom stereocenters. The fourth-order valence-electron chi connectivity index (χ4n) is 2.85. The van der Waals surface area contributed by atoms with E-state index < -0.39 is 34.4 Å². The lowest BCUT2D eigenvalue weighted by atomic mass is 10.1. The van der Waals surface area contributed by atoms with Gasteiger partial charge in [0.25, 0.3) is 0 Å². The molecule has 0 saturated carbocycles. The maximum Gasteiger partial charge on any atom is 0.416 e. The molecule has 1 aliphatic heterocycles. The van der Waals surface area contributed by atoms with E-state index in [-0.39, 0.29) is 17.9 Å². The first-order chi connectivity index (χ1) is 13.1. The molecule has 0 saturated heterocycles. The summed E-state index contributed by atoms with van der Waals surface area (Å²) in [7, 11) is -0.236. The zero-order chi connectivity index (χ0) is 20.6. The summed E-state index contributed by atoms with van der Waals surface area (Å²) in [5, 5.41) is 0. The van der Waals surface area contributed by atoms with Crippen molar-refractivity contribution < 1.29 is 26.6 Å². The van der Waals surface area contributed by atoms with Crippen LogP contribution in [0.25, 0.3) is 0 Å². The largest absolute Gasteiger partial charge is 0.416 e. The first-order valence-electron chi connectivity index (χ1n) is 8.19. The van der Waals surface area contributed by atoms with Crippen LogP contribution >= 0.6 is 0 Å². The number of hydrogen-bond donors (Lipinski definition) is 0. The Kier molecular flexibility index (Phi) is 5.29. The normalized spacial score (nSPS) is 16.6. The smallest absolute Gasteiger partial charge is 0.322 e. The van der Waals surface area contributed by atoms with Gasteiger partial charge in [-0.2, -0.15) is 13.2 Å². The summed E-state index contributed by atoms with van der Waals surface area (Å²) < 4.78 is 65.3. The number of carbonyl (C=O) groups excluding carboxylic acids is 1. The lowest BCUT2D eigenvalue weighted by Gasteiger charge is -2.35. The number of anilines is 1. The summed E-state index contributed by atoms with van der Waals surface area (Å²) in [6, 6.07) is 8.94. The van der Waals surface area contributed by atoms with E-state index in [0.717, 1.165) is 17.0 Å². The molecule has 0 aliphatic carbocycles. The molecule has 0 spiro atoms. The molecule has 148 valence electrons. The third-order valence-electron chi connectivity index (χ3n) is 4.32. The molecular formula is C19H16F4N2O2S. The monoisotopic (exact) mass is 412 g/mol. The minimum atomic E-state index is -4.56.